The summed E-state index contributed by atoms with van der Waals surface area (Å²) >= 11 is 0. The number of aromatic nitrogens is 3. The van der Waals surface area contributed by atoms with E-state index in [1.807, 2.05) is 12.1 Å². The van der Waals surface area contributed by atoms with Gasteiger partial charge in [0.25, 0.3) is 0 Å². The fraction of sp³-hybridized carbons (Fsp3) is 0.267. The molecule has 5 rings (SSSR count). The Bertz CT molecular complexity index is 1410. The first kappa shape index (κ1) is 21.4. The lowest BCUT2D eigenvalue weighted by Crippen LogP contribution is -1.99. The summed E-state index contributed by atoms with van der Waals surface area (Å²) < 4.78 is 2.53. The highest BCUT2D eigenvalue weighted by Gasteiger charge is 2.12. The molecule has 2 aromatic carbocycles. The van der Waals surface area contributed by atoms with E-state index in [-0.39, 0.29) is 0 Å². The first-order chi connectivity index (χ1) is 16.3. The van der Waals surface area contributed by atoms with Gasteiger partial charge >= 0.3 is 0 Å². The van der Waals surface area contributed by atoms with Crippen molar-refractivity contribution in [3.05, 3.63) is 84.2 Å². The molecule has 166 valence electrons. The van der Waals surface area contributed by atoms with Crippen LogP contribution >= 0.6 is 0 Å². The Morgan fingerprint density at radius 1 is 0.758 bits per heavy atom. The van der Waals surface area contributed by atoms with Crippen LogP contribution in [0, 0.1) is 0 Å². The monoisotopic (exact) mass is 433 g/mol. The zero-order valence-corrected chi connectivity index (χ0v) is 19.4. The van der Waals surface area contributed by atoms with Gasteiger partial charge in [0.05, 0.1) is 11.2 Å². The molecule has 0 aliphatic rings. The van der Waals surface area contributed by atoms with Crippen LogP contribution in [0.15, 0.2) is 72.9 Å². The minimum absolute atomic E-state index is 0.787. The summed E-state index contributed by atoms with van der Waals surface area (Å²) in [7, 11) is 0. The average molecular weight is 434 g/mol. The highest BCUT2D eigenvalue weighted by atomic mass is 15.0. The molecule has 0 N–H and O–H groups in total. The van der Waals surface area contributed by atoms with Crippen LogP contribution in [-0.4, -0.2) is 14.5 Å². The molecule has 0 atom stereocenters. The molecular formula is C30H31N3. The highest BCUT2D eigenvalue weighted by Crippen LogP contribution is 2.32. The lowest BCUT2D eigenvalue weighted by Gasteiger charge is -2.10. The van der Waals surface area contributed by atoms with Crippen molar-refractivity contribution in [2.75, 3.05) is 0 Å². The minimum atomic E-state index is 0.787. The Morgan fingerprint density at radius 2 is 1.61 bits per heavy atom. The van der Waals surface area contributed by atoms with E-state index >= 15 is 0 Å². The predicted molar refractivity (Wildman–Crippen MR) is 141 cm³/mol. The summed E-state index contributed by atoms with van der Waals surface area (Å²) in [4.78, 5) is 9.12. The number of pyridine rings is 2. The minimum Gasteiger partial charge on any atom is -0.340 e. The molecule has 0 amide bonds. The smallest absolute Gasteiger partial charge is 0.159 e. The molecule has 0 aliphatic heterocycles. The predicted octanol–water partition coefficient (Wildman–Crippen LogP) is 8.27. The Labute approximate surface area is 195 Å². The van der Waals surface area contributed by atoms with E-state index in [2.05, 4.69) is 83.2 Å². The number of para-hydroxylation sites is 2. The number of unbranched alkanes of at least 4 members (excludes halogenated alkanes) is 5. The molecule has 0 fully saturated rings. The van der Waals surface area contributed by atoms with Gasteiger partial charge in [0.15, 0.2) is 5.65 Å². The molecule has 0 spiro atoms. The molecule has 33 heavy (non-hydrogen) atoms. The Hall–Kier alpha value is -3.46. The fourth-order valence-corrected chi connectivity index (χ4v) is 4.79. The van der Waals surface area contributed by atoms with Gasteiger partial charge in [-0.25, -0.2) is 9.97 Å². The topological polar surface area (TPSA) is 30.7 Å². The zero-order chi connectivity index (χ0) is 22.5. The van der Waals surface area contributed by atoms with Crippen molar-refractivity contribution >= 4 is 45.0 Å². The third-order valence-corrected chi connectivity index (χ3v) is 6.48. The molecule has 3 heterocycles. The van der Waals surface area contributed by atoms with Crippen LogP contribution in [0.3, 0.4) is 0 Å². The number of hydrogen-bond donors (Lipinski definition) is 0. The van der Waals surface area contributed by atoms with Gasteiger partial charge in [0.1, 0.15) is 0 Å². The summed E-state index contributed by atoms with van der Waals surface area (Å²) in [5, 5.41) is 3.73. The lowest BCUT2D eigenvalue weighted by atomic mass is 10.1. The van der Waals surface area contributed by atoms with E-state index in [1.54, 1.807) is 6.20 Å². The van der Waals surface area contributed by atoms with Crippen molar-refractivity contribution in [1.29, 1.82) is 0 Å². The van der Waals surface area contributed by atoms with Crippen LogP contribution in [0.4, 0.5) is 0 Å². The number of rotatable bonds is 9. The van der Waals surface area contributed by atoms with Gasteiger partial charge in [0, 0.05) is 34.4 Å². The maximum atomic E-state index is 4.72. The normalized spacial score (nSPS) is 11.9. The highest BCUT2D eigenvalue weighted by molar-refractivity contribution is 6.10. The van der Waals surface area contributed by atoms with Gasteiger partial charge < -0.3 is 4.57 Å². The third kappa shape index (κ3) is 4.54. The Morgan fingerprint density at radius 3 is 2.55 bits per heavy atom. The van der Waals surface area contributed by atoms with Crippen LogP contribution in [0.25, 0.3) is 45.0 Å². The Balaban J connectivity index is 1.49. The standard InChI is InChI=1S/C30H31N3/c1-2-3-4-5-6-9-22-33-28-16-8-7-14-26(28)27-15-10-12-23(29(27)33)17-19-25-20-18-24-13-11-21-31-30(24)32-25/h7-8,10-21H,2-6,9,22H2,1H3. The maximum absolute atomic E-state index is 4.72. The van der Waals surface area contributed by atoms with Crippen LogP contribution in [-0.2, 0) is 6.54 Å². The number of fused-ring (bicyclic) bond motifs is 4. The van der Waals surface area contributed by atoms with Gasteiger partial charge in [-0.3, -0.25) is 0 Å². The fourth-order valence-electron chi connectivity index (χ4n) is 4.79. The van der Waals surface area contributed by atoms with Gasteiger partial charge in [-0.05, 0) is 48.4 Å². The van der Waals surface area contributed by atoms with Gasteiger partial charge in [-0.1, -0.05) is 81.5 Å². The van der Waals surface area contributed by atoms with Crippen molar-refractivity contribution in [2.45, 2.75) is 52.0 Å². The van der Waals surface area contributed by atoms with E-state index in [4.69, 9.17) is 4.98 Å². The first-order valence-corrected chi connectivity index (χ1v) is 12.2. The molecule has 0 unspecified atom stereocenters. The van der Waals surface area contributed by atoms with Crippen molar-refractivity contribution in [3.63, 3.8) is 0 Å². The molecule has 0 bridgehead atoms. The van der Waals surface area contributed by atoms with Crippen molar-refractivity contribution in [3.8, 4) is 0 Å². The van der Waals surface area contributed by atoms with E-state index in [1.165, 1.54) is 65.9 Å². The van der Waals surface area contributed by atoms with E-state index in [0.29, 0.717) is 0 Å². The molecule has 0 aliphatic carbocycles. The molecule has 3 heteroatoms. The Kier molecular flexibility index (Phi) is 6.48. The molecule has 3 nitrogen and oxygen atoms in total. The summed E-state index contributed by atoms with van der Waals surface area (Å²) in [6.07, 6.45) is 13.9. The van der Waals surface area contributed by atoms with Gasteiger partial charge in [0.2, 0.25) is 0 Å². The lowest BCUT2D eigenvalue weighted by molar-refractivity contribution is 0.571. The van der Waals surface area contributed by atoms with Gasteiger partial charge in [-0.15, -0.1) is 0 Å². The molecular weight excluding hydrogens is 402 g/mol. The number of aryl methyl sites for hydroxylation is 1. The average Bonchev–Trinajstić information content (AvgIpc) is 3.19. The second-order valence-electron chi connectivity index (χ2n) is 8.80. The first-order valence-electron chi connectivity index (χ1n) is 12.2. The molecule has 0 saturated heterocycles. The number of nitrogens with zero attached hydrogens (tertiary/aromatic N) is 3. The van der Waals surface area contributed by atoms with E-state index in [9.17, 15) is 0 Å². The molecule has 5 aromatic rings. The van der Waals surface area contributed by atoms with Crippen LogP contribution in [0.1, 0.15) is 56.7 Å². The van der Waals surface area contributed by atoms with Crippen molar-refractivity contribution in [2.24, 2.45) is 0 Å². The summed E-state index contributed by atoms with van der Waals surface area (Å²) in [5.41, 5.74) is 5.60. The SMILES string of the molecule is CCCCCCCCn1c2ccccc2c2cccc(C=Cc3ccc4cccnc4n3)c21. The second-order valence-corrected chi connectivity index (χ2v) is 8.80. The number of benzene rings is 2. The summed E-state index contributed by atoms with van der Waals surface area (Å²) in [6, 6.07) is 23.6. The molecule has 3 aromatic heterocycles. The molecule has 0 radical (unpaired) electrons. The van der Waals surface area contributed by atoms with Crippen LogP contribution < -0.4 is 0 Å². The summed E-state index contributed by atoms with van der Waals surface area (Å²) in [5.74, 6) is 0. The van der Waals surface area contributed by atoms with E-state index < -0.39 is 0 Å². The van der Waals surface area contributed by atoms with E-state index in [0.717, 1.165) is 23.3 Å². The third-order valence-electron chi connectivity index (χ3n) is 6.48. The summed E-state index contributed by atoms with van der Waals surface area (Å²) in [6.45, 7) is 3.33. The second kappa shape index (κ2) is 9.99. The quantitative estimate of drug-likeness (QED) is 0.219. The van der Waals surface area contributed by atoms with Crippen LogP contribution in [0.5, 0.6) is 0 Å². The van der Waals surface area contributed by atoms with Crippen LogP contribution in [0.2, 0.25) is 0 Å². The maximum Gasteiger partial charge on any atom is 0.159 e. The molecule has 0 saturated carbocycles. The zero-order valence-electron chi connectivity index (χ0n) is 19.4. The number of hydrogen-bond acceptors (Lipinski definition) is 2. The van der Waals surface area contributed by atoms with Crippen molar-refractivity contribution < 1.29 is 0 Å². The largest absolute Gasteiger partial charge is 0.340 e. The van der Waals surface area contributed by atoms with Gasteiger partial charge in [-0.2, -0.15) is 0 Å². The van der Waals surface area contributed by atoms with Crippen molar-refractivity contribution in [1.82, 2.24) is 14.5 Å².